The number of esters is 1. The summed E-state index contributed by atoms with van der Waals surface area (Å²) in [7, 11) is 1.46. The number of hydrogen-bond acceptors (Lipinski definition) is 9. The van der Waals surface area contributed by atoms with Crippen LogP contribution in [0, 0.1) is 10.1 Å². The van der Waals surface area contributed by atoms with Gasteiger partial charge in [0, 0.05) is 18.2 Å². The van der Waals surface area contributed by atoms with Crippen molar-refractivity contribution in [2.75, 3.05) is 13.7 Å². The van der Waals surface area contributed by atoms with Gasteiger partial charge in [0.1, 0.15) is 17.3 Å². The number of nitro benzene ring substituents is 1. The number of methoxy groups -OCH3 is 1. The average molecular weight is 546 g/mol. The van der Waals surface area contributed by atoms with Gasteiger partial charge in [-0.25, -0.2) is 9.79 Å². The highest BCUT2D eigenvalue weighted by Crippen LogP contribution is 2.35. The van der Waals surface area contributed by atoms with Gasteiger partial charge in [0.25, 0.3) is 11.2 Å². The molecular weight excluding hydrogens is 522 g/mol. The molecule has 2 aromatic heterocycles. The number of nitro groups is 1. The lowest BCUT2D eigenvalue weighted by Gasteiger charge is -2.24. The summed E-state index contributed by atoms with van der Waals surface area (Å²) in [6.45, 7) is 3.64. The summed E-state index contributed by atoms with van der Waals surface area (Å²) in [4.78, 5) is 42.4. The van der Waals surface area contributed by atoms with Crippen molar-refractivity contribution in [3.05, 3.63) is 113 Å². The van der Waals surface area contributed by atoms with Gasteiger partial charge in [0.15, 0.2) is 4.80 Å². The molecule has 198 valence electrons. The monoisotopic (exact) mass is 545 g/mol. The quantitative estimate of drug-likeness (QED) is 0.195. The lowest BCUT2D eigenvalue weighted by molar-refractivity contribution is -0.384. The zero-order chi connectivity index (χ0) is 27.7. The van der Waals surface area contributed by atoms with Crippen molar-refractivity contribution < 1.29 is 23.6 Å². The van der Waals surface area contributed by atoms with Crippen LogP contribution in [0.15, 0.2) is 86.1 Å². The fourth-order valence-corrected chi connectivity index (χ4v) is 5.48. The molecule has 5 rings (SSSR count). The highest BCUT2D eigenvalue weighted by Gasteiger charge is 2.33. The maximum atomic E-state index is 13.7. The van der Waals surface area contributed by atoms with Crippen LogP contribution in [0.3, 0.4) is 0 Å². The first kappa shape index (κ1) is 25.9. The van der Waals surface area contributed by atoms with Gasteiger partial charge in [-0.1, -0.05) is 41.7 Å². The van der Waals surface area contributed by atoms with Crippen LogP contribution < -0.4 is 19.6 Å². The number of hydrogen-bond donors (Lipinski definition) is 0. The van der Waals surface area contributed by atoms with Crippen molar-refractivity contribution in [1.29, 1.82) is 0 Å². The van der Waals surface area contributed by atoms with Crippen LogP contribution in [0.25, 0.3) is 17.4 Å². The standard InChI is InChI=1S/C28H23N3O7S/c1-4-37-27(33)24-16(2)29-28-30(25(24)17-8-6-5-7-9-17)26(32)23(39-28)15-19-11-13-22(38-19)20-14-18(31(34)35)10-12-21(20)36-3/h5-15,25H,4H2,1-3H3. The summed E-state index contributed by atoms with van der Waals surface area (Å²) in [6.07, 6.45) is 1.59. The van der Waals surface area contributed by atoms with Crippen LogP contribution in [0.1, 0.15) is 31.2 Å². The summed E-state index contributed by atoms with van der Waals surface area (Å²) in [5, 5.41) is 11.3. The Morgan fingerprint density at radius 3 is 2.67 bits per heavy atom. The van der Waals surface area contributed by atoms with Crippen LogP contribution >= 0.6 is 11.3 Å². The fraction of sp³-hybridized carbons (Fsp3) is 0.179. The molecule has 39 heavy (non-hydrogen) atoms. The minimum absolute atomic E-state index is 0.106. The number of thiazole rings is 1. The Morgan fingerprint density at radius 1 is 1.21 bits per heavy atom. The number of carbonyl (C=O) groups excluding carboxylic acids is 1. The highest BCUT2D eigenvalue weighted by molar-refractivity contribution is 7.07. The SMILES string of the molecule is CCOC(=O)C1=C(C)N=c2sc(=Cc3ccc(-c4cc([N+](=O)[O-])ccc4OC)o3)c(=O)n2C1c1ccccc1. The lowest BCUT2D eigenvalue weighted by atomic mass is 9.96. The predicted molar refractivity (Wildman–Crippen MR) is 144 cm³/mol. The third kappa shape index (κ3) is 4.79. The van der Waals surface area contributed by atoms with Crippen LogP contribution in [-0.4, -0.2) is 29.2 Å². The largest absolute Gasteiger partial charge is 0.496 e. The van der Waals surface area contributed by atoms with E-state index in [0.29, 0.717) is 43.4 Å². The van der Waals surface area contributed by atoms with Gasteiger partial charge < -0.3 is 13.9 Å². The van der Waals surface area contributed by atoms with Crippen molar-refractivity contribution in [3.8, 4) is 17.1 Å². The first-order valence-electron chi connectivity index (χ1n) is 12.0. The van der Waals surface area contributed by atoms with Crippen molar-refractivity contribution >= 4 is 29.1 Å². The summed E-state index contributed by atoms with van der Waals surface area (Å²) in [5.74, 6) is 0.591. The van der Waals surface area contributed by atoms with Crippen molar-refractivity contribution in [2.24, 2.45) is 4.99 Å². The Bertz CT molecular complexity index is 1800. The van der Waals surface area contributed by atoms with Gasteiger partial charge in [0.05, 0.1) is 46.0 Å². The number of allylic oxidation sites excluding steroid dienone is 1. The van der Waals surface area contributed by atoms with Gasteiger partial charge in [0.2, 0.25) is 0 Å². The first-order valence-corrected chi connectivity index (χ1v) is 12.8. The summed E-state index contributed by atoms with van der Waals surface area (Å²) in [6, 6.07) is 16.1. The average Bonchev–Trinajstić information content (AvgIpc) is 3.52. The zero-order valence-corrected chi connectivity index (χ0v) is 22.1. The Hall–Kier alpha value is -4.77. The van der Waals surface area contributed by atoms with Gasteiger partial charge in [-0.15, -0.1) is 0 Å². The molecule has 3 heterocycles. The number of ether oxygens (including phenoxy) is 2. The summed E-state index contributed by atoms with van der Waals surface area (Å²) >= 11 is 1.17. The van der Waals surface area contributed by atoms with Crippen LogP contribution in [0.4, 0.5) is 5.69 Å². The maximum absolute atomic E-state index is 13.7. The number of nitrogens with zero attached hydrogens (tertiary/aromatic N) is 3. The normalized spacial score (nSPS) is 15.1. The Morgan fingerprint density at radius 2 is 1.97 bits per heavy atom. The molecule has 1 atom stereocenters. The van der Waals surface area contributed by atoms with Crippen molar-refractivity contribution in [3.63, 3.8) is 0 Å². The number of rotatable bonds is 7. The molecule has 0 saturated carbocycles. The molecule has 1 aliphatic rings. The van der Waals surface area contributed by atoms with E-state index in [1.54, 1.807) is 32.1 Å². The summed E-state index contributed by atoms with van der Waals surface area (Å²) in [5.41, 5.74) is 1.50. The van der Waals surface area contributed by atoms with Crippen LogP contribution in [0.2, 0.25) is 0 Å². The van der Waals surface area contributed by atoms with Crippen LogP contribution in [-0.2, 0) is 9.53 Å². The number of benzene rings is 2. The molecule has 11 heteroatoms. The van der Waals surface area contributed by atoms with E-state index >= 15 is 0 Å². The Labute approximate surface area is 225 Å². The van der Waals surface area contributed by atoms with Gasteiger partial charge in [-0.3, -0.25) is 19.5 Å². The number of carbonyl (C=O) groups is 1. The molecule has 1 aliphatic heterocycles. The second kappa shape index (κ2) is 10.5. The number of non-ortho nitro benzene ring substituents is 1. The first-order chi connectivity index (χ1) is 18.8. The topological polar surface area (TPSA) is 126 Å². The third-order valence-corrected chi connectivity index (χ3v) is 7.17. The lowest BCUT2D eigenvalue weighted by Crippen LogP contribution is -2.39. The minimum Gasteiger partial charge on any atom is -0.496 e. The van der Waals surface area contributed by atoms with E-state index in [1.165, 1.54) is 41.2 Å². The molecule has 0 bridgehead atoms. The predicted octanol–water partition coefficient (Wildman–Crippen LogP) is 3.98. The number of furan rings is 1. The van der Waals surface area contributed by atoms with Gasteiger partial charge in [-0.05, 0) is 37.6 Å². The number of fused-ring (bicyclic) bond motifs is 1. The molecule has 0 aliphatic carbocycles. The molecule has 0 radical (unpaired) electrons. The van der Waals surface area contributed by atoms with E-state index in [4.69, 9.17) is 13.9 Å². The number of aromatic nitrogens is 1. The van der Waals surface area contributed by atoms with E-state index < -0.39 is 16.9 Å². The molecule has 0 fully saturated rings. The molecule has 0 amide bonds. The highest BCUT2D eigenvalue weighted by atomic mass is 32.1. The second-order valence-electron chi connectivity index (χ2n) is 8.56. The molecule has 0 saturated heterocycles. The zero-order valence-electron chi connectivity index (χ0n) is 21.2. The van der Waals surface area contributed by atoms with E-state index in [-0.39, 0.29) is 17.9 Å². The molecule has 1 unspecified atom stereocenters. The van der Waals surface area contributed by atoms with E-state index in [9.17, 15) is 19.7 Å². The molecule has 4 aromatic rings. The second-order valence-corrected chi connectivity index (χ2v) is 9.57. The van der Waals surface area contributed by atoms with Gasteiger partial charge >= 0.3 is 5.97 Å². The third-order valence-electron chi connectivity index (χ3n) is 6.19. The Kier molecular flexibility index (Phi) is 6.99. The van der Waals surface area contributed by atoms with Crippen molar-refractivity contribution in [2.45, 2.75) is 19.9 Å². The van der Waals surface area contributed by atoms with E-state index in [0.717, 1.165) is 5.56 Å². The van der Waals surface area contributed by atoms with Crippen molar-refractivity contribution in [1.82, 2.24) is 4.57 Å². The minimum atomic E-state index is -0.704. The molecule has 10 nitrogen and oxygen atoms in total. The summed E-state index contributed by atoms with van der Waals surface area (Å²) < 4.78 is 18.4. The van der Waals surface area contributed by atoms with Crippen LogP contribution in [0.5, 0.6) is 5.75 Å². The molecule has 2 aromatic carbocycles. The van der Waals surface area contributed by atoms with Gasteiger partial charge in [-0.2, -0.15) is 0 Å². The maximum Gasteiger partial charge on any atom is 0.338 e. The smallest absolute Gasteiger partial charge is 0.338 e. The van der Waals surface area contributed by atoms with E-state index in [2.05, 4.69) is 4.99 Å². The molecular formula is C28H23N3O7S. The Balaban J connectivity index is 1.62. The van der Waals surface area contributed by atoms with E-state index in [1.807, 2.05) is 30.3 Å². The molecule has 0 N–H and O–H groups in total. The fourth-order valence-electron chi connectivity index (χ4n) is 4.45. The molecule has 0 spiro atoms.